The molecule has 0 radical (unpaired) electrons. The lowest BCUT2D eigenvalue weighted by atomic mass is 10.0. The molecule has 8 nitrogen and oxygen atoms in total. The van der Waals surface area contributed by atoms with Gasteiger partial charge in [0.05, 0.1) is 34.4 Å². The maximum Gasteiger partial charge on any atom is 0.219 e. The number of sulfone groups is 1. The fourth-order valence-corrected chi connectivity index (χ4v) is 5.59. The molecule has 38 heavy (non-hydrogen) atoms. The Morgan fingerprint density at radius 1 is 1.13 bits per heavy atom. The van der Waals surface area contributed by atoms with Gasteiger partial charge in [-0.05, 0) is 53.5 Å². The number of ketones is 1. The summed E-state index contributed by atoms with van der Waals surface area (Å²) in [6.07, 6.45) is 6.23. The van der Waals surface area contributed by atoms with E-state index in [0.29, 0.717) is 44.9 Å². The number of aromatic nitrogens is 3. The zero-order valence-corrected chi connectivity index (χ0v) is 22.7. The number of hydrogen-bond acceptors (Lipinski definition) is 7. The minimum absolute atomic E-state index is 0.169. The first-order valence-corrected chi connectivity index (χ1v) is 14.3. The van der Waals surface area contributed by atoms with Gasteiger partial charge < -0.3 is 10.5 Å². The van der Waals surface area contributed by atoms with E-state index in [2.05, 4.69) is 10.1 Å². The molecule has 0 spiro atoms. The van der Waals surface area contributed by atoms with E-state index in [1.165, 1.54) is 10.9 Å². The second-order valence-electron chi connectivity index (χ2n) is 9.08. The van der Waals surface area contributed by atoms with Crippen molar-refractivity contribution in [2.24, 2.45) is 0 Å². The van der Waals surface area contributed by atoms with Crippen LogP contribution in [0, 0.1) is 6.92 Å². The van der Waals surface area contributed by atoms with Crippen molar-refractivity contribution in [2.45, 2.75) is 19.1 Å². The Hall–Kier alpha value is -3.66. The number of benzene rings is 2. The maximum absolute atomic E-state index is 13.4. The first kappa shape index (κ1) is 26.0. The molecular formula is C27H22Cl2N4O4S. The Balaban J connectivity index is 1.38. The second-order valence-corrected chi connectivity index (χ2v) is 12.0. The van der Waals surface area contributed by atoms with E-state index in [-0.39, 0.29) is 22.9 Å². The summed E-state index contributed by atoms with van der Waals surface area (Å²) in [4.78, 5) is 17.7. The summed E-state index contributed by atoms with van der Waals surface area (Å²) < 4.78 is 30.7. The number of anilines is 1. The third-order valence-electron chi connectivity index (χ3n) is 6.12. The predicted molar refractivity (Wildman–Crippen MR) is 148 cm³/mol. The molecule has 1 aliphatic carbocycles. The van der Waals surface area contributed by atoms with Crippen molar-refractivity contribution in [3.05, 3.63) is 98.3 Å². The van der Waals surface area contributed by atoms with Crippen molar-refractivity contribution in [1.29, 1.82) is 0 Å². The number of ether oxygens (including phenoxy) is 1. The van der Waals surface area contributed by atoms with Gasteiger partial charge in [0.2, 0.25) is 5.88 Å². The minimum atomic E-state index is -3.26. The number of para-hydroxylation sites is 1. The van der Waals surface area contributed by atoms with Gasteiger partial charge in [0.15, 0.2) is 15.6 Å². The number of carbonyl (C=O) groups excluding carboxylic acids is 1. The van der Waals surface area contributed by atoms with Gasteiger partial charge in [-0.3, -0.25) is 4.79 Å². The van der Waals surface area contributed by atoms with Crippen molar-refractivity contribution in [3.63, 3.8) is 0 Å². The van der Waals surface area contributed by atoms with Crippen LogP contribution >= 0.6 is 23.2 Å². The lowest BCUT2D eigenvalue weighted by Crippen LogP contribution is -2.09. The molecule has 2 heterocycles. The fourth-order valence-electron chi connectivity index (χ4n) is 4.29. The van der Waals surface area contributed by atoms with E-state index < -0.39 is 9.84 Å². The monoisotopic (exact) mass is 568 g/mol. The number of nitrogen functional groups attached to an aromatic ring is 1. The van der Waals surface area contributed by atoms with Crippen molar-refractivity contribution >= 4 is 50.7 Å². The van der Waals surface area contributed by atoms with Crippen LogP contribution in [-0.2, 0) is 22.0 Å². The molecule has 0 saturated heterocycles. The average molecular weight is 569 g/mol. The van der Waals surface area contributed by atoms with Gasteiger partial charge in [-0.1, -0.05) is 41.4 Å². The molecule has 11 heteroatoms. The largest absolute Gasteiger partial charge is 0.437 e. The van der Waals surface area contributed by atoms with Gasteiger partial charge in [0.25, 0.3) is 0 Å². The van der Waals surface area contributed by atoms with E-state index in [0.717, 1.165) is 22.9 Å². The van der Waals surface area contributed by atoms with Crippen LogP contribution in [0.1, 0.15) is 32.6 Å². The molecule has 2 aromatic heterocycles. The van der Waals surface area contributed by atoms with Gasteiger partial charge in [0.1, 0.15) is 11.6 Å². The Labute approximate surface area is 229 Å². The third kappa shape index (κ3) is 5.18. The summed E-state index contributed by atoms with van der Waals surface area (Å²) in [5.74, 6) is 0.569. The van der Waals surface area contributed by atoms with E-state index >= 15 is 0 Å². The minimum Gasteiger partial charge on any atom is -0.437 e. The highest BCUT2D eigenvalue weighted by Gasteiger charge is 2.25. The standard InChI is InChI=1S/C27H22Cl2N4O4S/c1-15-7-25(37-24-6-4-3-5-21(24)28)31-13-23(15)33-27(30)20(12-32-33)26(34)18-8-16-10-19(14-38(2,35)36)22(29)11-17(16)9-18/h3-7,9-13H,8,14,30H2,1-2H3. The van der Waals surface area contributed by atoms with Crippen LogP contribution < -0.4 is 10.5 Å². The van der Waals surface area contributed by atoms with E-state index in [9.17, 15) is 13.2 Å². The lowest BCUT2D eigenvalue weighted by molar-refractivity contribution is 0.103. The molecule has 0 aliphatic heterocycles. The average Bonchev–Trinajstić information content (AvgIpc) is 3.43. The molecule has 4 aromatic rings. The van der Waals surface area contributed by atoms with Gasteiger partial charge in [-0.25, -0.2) is 18.1 Å². The Kier molecular flexibility index (Phi) is 6.77. The Morgan fingerprint density at radius 2 is 1.89 bits per heavy atom. The smallest absolute Gasteiger partial charge is 0.219 e. The molecule has 0 saturated carbocycles. The number of allylic oxidation sites excluding steroid dienone is 1. The van der Waals surface area contributed by atoms with E-state index in [1.54, 1.807) is 42.6 Å². The second kappa shape index (κ2) is 9.90. The Morgan fingerprint density at radius 3 is 2.61 bits per heavy atom. The molecule has 2 N–H and O–H groups in total. The summed E-state index contributed by atoms with van der Waals surface area (Å²) in [6.45, 7) is 1.85. The summed E-state index contributed by atoms with van der Waals surface area (Å²) in [5, 5.41) is 5.15. The highest BCUT2D eigenvalue weighted by atomic mass is 35.5. The number of nitrogens with zero attached hydrogens (tertiary/aromatic N) is 3. The topological polar surface area (TPSA) is 117 Å². The lowest BCUT2D eigenvalue weighted by Gasteiger charge is -2.11. The van der Waals surface area contributed by atoms with Crippen LogP contribution in [0.3, 0.4) is 0 Å². The molecule has 0 bridgehead atoms. The van der Waals surface area contributed by atoms with Crippen molar-refractivity contribution in [3.8, 4) is 17.3 Å². The zero-order chi connectivity index (χ0) is 27.2. The predicted octanol–water partition coefficient (Wildman–Crippen LogP) is 5.62. The van der Waals surface area contributed by atoms with Crippen LogP contribution in [0.5, 0.6) is 11.6 Å². The summed E-state index contributed by atoms with van der Waals surface area (Å²) in [5.41, 5.74) is 10.6. The van der Waals surface area contributed by atoms with Crippen LogP contribution in [0.15, 0.2) is 60.4 Å². The molecule has 1 aliphatic rings. The number of rotatable bonds is 7. The summed E-state index contributed by atoms with van der Waals surface area (Å²) in [6, 6.07) is 12.2. The van der Waals surface area contributed by atoms with Crippen molar-refractivity contribution < 1.29 is 17.9 Å². The highest BCUT2D eigenvalue weighted by Crippen LogP contribution is 2.34. The number of fused-ring (bicyclic) bond motifs is 1. The number of halogens is 2. The first-order valence-electron chi connectivity index (χ1n) is 11.5. The molecular weight excluding hydrogens is 547 g/mol. The van der Waals surface area contributed by atoms with Crippen molar-refractivity contribution in [1.82, 2.24) is 14.8 Å². The van der Waals surface area contributed by atoms with Crippen LogP contribution in [-0.4, -0.2) is 35.2 Å². The number of nitrogens with two attached hydrogens (primary N) is 1. The SMILES string of the molecule is Cc1cc(Oc2ccccc2Cl)ncc1-n1ncc(C(=O)C2=Cc3cc(Cl)c(CS(C)(=O)=O)cc3C2)c1N. The molecule has 194 valence electrons. The number of pyridine rings is 1. The zero-order valence-electron chi connectivity index (χ0n) is 20.4. The van der Waals surface area contributed by atoms with Crippen LogP contribution in [0.25, 0.3) is 11.8 Å². The molecule has 5 rings (SSSR count). The summed E-state index contributed by atoms with van der Waals surface area (Å²) in [7, 11) is -3.26. The Bertz CT molecular complexity index is 1750. The maximum atomic E-state index is 13.4. The van der Waals surface area contributed by atoms with Gasteiger partial charge in [-0.15, -0.1) is 0 Å². The quantitative estimate of drug-likeness (QED) is 0.287. The molecule has 0 atom stereocenters. The summed E-state index contributed by atoms with van der Waals surface area (Å²) >= 11 is 12.5. The van der Waals surface area contributed by atoms with Gasteiger partial charge >= 0.3 is 0 Å². The number of hydrogen-bond donors (Lipinski definition) is 1. The highest BCUT2D eigenvalue weighted by molar-refractivity contribution is 7.89. The number of carbonyl (C=O) groups is 1. The van der Waals surface area contributed by atoms with Gasteiger partial charge in [-0.2, -0.15) is 5.10 Å². The van der Waals surface area contributed by atoms with E-state index in [1.807, 2.05) is 19.1 Å². The molecule has 2 aromatic carbocycles. The van der Waals surface area contributed by atoms with Crippen LogP contribution in [0.4, 0.5) is 5.82 Å². The van der Waals surface area contributed by atoms with E-state index in [4.69, 9.17) is 33.7 Å². The number of aryl methyl sites for hydroxylation is 1. The third-order valence-corrected chi connectivity index (χ3v) is 7.62. The van der Waals surface area contributed by atoms with Crippen molar-refractivity contribution in [2.75, 3.05) is 12.0 Å². The normalized spacial score (nSPS) is 12.8. The molecule has 0 fully saturated rings. The van der Waals surface area contributed by atoms with Gasteiger partial charge in [0, 0.05) is 29.3 Å². The molecule has 0 amide bonds. The molecule has 0 unspecified atom stereocenters. The fraction of sp³-hybridized carbons (Fsp3) is 0.148. The van der Waals surface area contributed by atoms with Crippen LogP contribution in [0.2, 0.25) is 10.0 Å². The first-order chi connectivity index (χ1) is 18.0. The number of Topliss-reactive ketones (excluding diaryl/α,β-unsaturated/α-hetero) is 1.